The molecule has 0 spiro atoms. The van der Waals surface area contributed by atoms with Gasteiger partial charge >= 0.3 is 0 Å². The van der Waals surface area contributed by atoms with E-state index >= 15 is 0 Å². The molecule has 0 aliphatic rings. The Hall–Kier alpha value is -2.94. The summed E-state index contributed by atoms with van der Waals surface area (Å²) in [6.45, 7) is 6.09. The number of carbonyl (C=O) groups excluding carboxylic acids is 1. The molecule has 0 unspecified atom stereocenters. The van der Waals surface area contributed by atoms with Crippen LogP contribution in [-0.4, -0.2) is 36.7 Å². The second kappa shape index (κ2) is 11.9. The van der Waals surface area contributed by atoms with Crippen LogP contribution in [0.25, 0.3) is 0 Å². The lowest BCUT2D eigenvalue weighted by molar-refractivity contribution is -0.384. The van der Waals surface area contributed by atoms with E-state index < -0.39 is 10.8 Å². The molecular weight excluding hydrogens is 452 g/mol. The SMILES string of the molecule is CCCN(CCC)c1ccc(/C=N\NC(=O)COc2ccc([N+](=O)[O-])cc2Br)cc1. The van der Waals surface area contributed by atoms with Crippen molar-refractivity contribution in [2.45, 2.75) is 26.7 Å². The van der Waals surface area contributed by atoms with Crippen LogP contribution in [-0.2, 0) is 4.79 Å². The van der Waals surface area contributed by atoms with Crippen LogP contribution in [0.2, 0.25) is 0 Å². The van der Waals surface area contributed by atoms with E-state index in [9.17, 15) is 14.9 Å². The Balaban J connectivity index is 1.85. The topological polar surface area (TPSA) is 97.1 Å². The number of hydrogen-bond acceptors (Lipinski definition) is 6. The largest absolute Gasteiger partial charge is 0.483 e. The van der Waals surface area contributed by atoms with Gasteiger partial charge < -0.3 is 9.64 Å². The maximum Gasteiger partial charge on any atom is 0.277 e. The van der Waals surface area contributed by atoms with E-state index in [0.717, 1.165) is 31.5 Å². The van der Waals surface area contributed by atoms with Crippen LogP contribution >= 0.6 is 15.9 Å². The number of nitro groups is 1. The molecule has 30 heavy (non-hydrogen) atoms. The molecule has 8 nitrogen and oxygen atoms in total. The molecule has 0 atom stereocenters. The number of nitro benzene ring substituents is 1. The van der Waals surface area contributed by atoms with Crippen LogP contribution in [0.3, 0.4) is 0 Å². The molecule has 0 aliphatic heterocycles. The van der Waals surface area contributed by atoms with Gasteiger partial charge in [0.05, 0.1) is 15.6 Å². The highest BCUT2D eigenvalue weighted by Crippen LogP contribution is 2.28. The monoisotopic (exact) mass is 476 g/mol. The summed E-state index contributed by atoms with van der Waals surface area (Å²) in [6, 6.07) is 12.1. The third-order valence-electron chi connectivity index (χ3n) is 4.13. The first-order chi connectivity index (χ1) is 14.4. The van der Waals surface area contributed by atoms with Gasteiger partial charge in [-0.25, -0.2) is 5.43 Å². The highest BCUT2D eigenvalue weighted by molar-refractivity contribution is 9.10. The van der Waals surface area contributed by atoms with Crippen LogP contribution in [0.15, 0.2) is 52.0 Å². The number of ether oxygens (including phenoxy) is 1. The van der Waals surface area contributed by atoms with E-state index in [1.165, 1.54) is 23.9 Å². The molecule has 0 fully saturated rings. The lowest BCUT2D eigenvalue weighted by Gasteiger charge is -2.23. The highest BCUT2D eigenvalue weighted by Gasteiger charge is 2.11. The summed E-state index contributed by atoms with van der Waals surface area (Å²) in [5, 5.41) is 14.7. The Labute approximate surface area is 184 Å². The molecule has 0 heterocycles. The summed E-state index contributed by atoms with van der Waals surface area (Å²) in [4.78, 5) is 24.5. The van der Waals surface area contributed by atoms with Crippen molar-refractivity contribution in [3.8, 4) is 5.75 Å². The Bertz CT molecular complexity index is 881. The van der Waals surface area contributed by atoms with E-state index in [0.29, 0.717) is 10.2 Å². The maximum absolute atomic E-state index is 11.9. The third kappa shape index (κ3) is 7.14. The summed E-state index contributed by atoms with van der Waals surface area (Å²) in [5.41, 5.74) is 4.37. The van der Waals surface area contributed by atoms with Crippen molar-refractivity contribution in [2.24, 2.45) is 5.10 Å². The normalized spacial score (nSPS) is 10.8. The number of hydrogen-bond donors (Lipinski definition) is 1. The van der Waals surface area contributed by atoms with E-state index in [1.807, 2.05) is 24.3 Å². The van der Waals surface area contributed by atoms with E-state index in [1.54, 1.807) is 6.21 Å². The van der Waals surface area contributed by atoms with E-state index in [2.05, 4.69) is 45.2 Å². The van der Waals surface area contributed by atoms with Crippen LogP contribution in [0.4, 0.5) is 11.4 Å². The lowest BCUT2D eigenvalue weighted by Crippen LogP contribution is -2.25. The Kier molecular flexibility index (Phi) is 9.27. The van der Waals surface area contributed by atoms with Crippen molar-refractivity contribution in [2.75, 3.05) is 24.6 Å². The predicted octanol–water partition coefficient (Wildman–Crippen LogP) is 4.51. The summed E-state index contributed by atoms with van der Waals surface area (Å²) < 4.78 is 5.76. The molecule has 0 bridgehead atoms. The van der Waals surface area contributed by atoms with Crippen molar-refractivity contribution in [1.29, 1.82) is 0 Å². The van der Waals surface area contributed by atoms with Gasteiger partial charge in [-0.3, -0.25) is 14.9 Å². The molecule has 1 N–H and O–H groups in total. The summed E-state index contributed by atoms with van der Waals surface area (Å²) in [5.74, 6) is -0.107. The minimum atomic E-state index is -0.506. The fraction of sp³-hybridized carbons (Fsp3) is 0.333. The number of rotatable bonds is 11. The standard InChI is InChI=1S/C21H25BrN4O4/c1-3-11-25(12-4-2)17-7-5-16(6-8-17)14-23-24-21(27)15-30-20-10-9-18(26(28)29)13-19(20)22/h5-10,13-14H,3-4,11-12,15H2,1-2H3,(H,24,27)/b23-14-. The minimum absolute atomic E-state index is 0.0678. The molecule has 0 radical (unpaired) electrons. The number of hydrazone groups is 1. The first kappa shape index (κ1) is 23.3. The van der Waals surface area contributed by atoms with Crippen LogP contribution in [0, 0.1) is 10.1 Å². The molecule has 2 rings (SSSR count). The molecule has 9 heteroatoms. The lowest BCUT2D eigenvalue weighted by atomic mass is 10.2. The Morgan fingerprint density at radius 2 is 1.87 bits per heavy atom. The molecule has 0 aromatic heterocycles. The smallest absolute Gasteiger partial charge is 0.277 e. The first-order valence-electron chi connectivity index (χ1n) is 9.68. The molecule has 0 saturated carbocycles. The van der Waals surface area contributed by atoms with Crippen LogP contribution < -0.4 is 15.1 Å². The van der Waals surface area contributed by atoms with Gasteiger partial charge in [-0.15, -0.1) is 0 Å². The first-order valence-corrected chi connectivity index (χ1v) is 10.5. The number of carbonyl (C=O) groups is 1. The van der Waals surface area contributed by atoms with Crippen LogP contribution in [0.1, 0.15) is 32.3 Å². The number of benzene rings is 2. The zero-order valence-electron chi connectivity index (χ0n) is 17.0. The van der Waals surface area contributed by atoms with Gasteiger partial charge in [0.2, 0.25) is 0 Å². The highest BCUT2D eigenvalue weighted by atomic mass is 79.9. The molecule has 2 aromatic carbocycles. The van der Waals surface area contributed by atoms with E-state index in [-0.39, 0.29) is 12.3 Å². The average molecular weight is 477 g/mol. The van der Waals surface area contributed by atoms with Gasteiger partial charge in [0, 0.05) is 30.9 Å². The van der Waals surface area contributed by atoms with Crippen molar-refractivity contribution < 1.29 is 14.5 Å². The fourth-order valence-corrected chi connectivity index (χ4v) is 3.24. The minimum Gasteiger partial charge on any atom is -0.483 e. The molecule has 0 saturated heterocycles. The number of halogens is 1. The summed E-state index contributed by atoms with van der Waals surface area (Å²) in [6.07, 6.45) is 3.75. The molecule has 2 aromatic rings. The Morgan fingerprint density at radius 3 is 2.43 bits per heavy atom. The Morgan fingerprint density at radius 1 is 1.20 bits per heavy atom. The zero-order chi connectivity index (χ0) is 21.9. The molecule has 1 amide bonds. The number of nitrogens with zero attached hydrogens (tertiary/aromatic N) is 3. The number of amides is 1. The van der Waals surface area contributed by atoms with Gasteiger partial charge in [0.15, 0.2) is 6.61 Å². The maximum atomic E-state index is 11.9. The van der Waals surface area contributed by atoms with Gasteiger partial charge in [-0.05, 0) is 52.5 Å². The third-order valence-corrected chi connectivity index (χ3v) is 4.75. The van der Waals surface area contributed by atoms with Crippen molar-refractivity contribution in [3.05, 3.63) is 62.6 Å². The van der Waals surface area contributed by atoms with Gasteiger partial charge in [0.1, 0.15) is 5.75 Å². The predicted molar refractivity (Wildman–Crippen MR) is 121 cm³/mol. The molecular formula is C21H25BrN4O4. The summed E-state index contributed by atoms with van der Waals surface area (Å²) in [7, 11) is 0. The fourth-order valence-electron chi connectivity index (χ4n) is 2.76. The number of nitrogens with one attached hydrogen (secondary N) is 1. The van der Waals surface area contributed by atoms with E-state index in [4.69, 9.17) is 4.74 Å². The number of anilines is 1. The molecule has 160 valence electrons. The van der Waals surface area contributed by atoms with Crippen LogP contribution in [0.5, 0.6) is 5.75 Å². The van der Waals surface area contributed by atoms with Crippen molar-refractivity contribution in [1.82, 2.24) is 5.43 Å². The quantitative estimate of drug-likeness (QED) is 0.292. The number of non-ortho nitro benzene ring substituents is 1. The summed E-state index contributed by atoms with van der Waals surface area (Å²) >= 11 is 3.19. The second-order valence-corrected chi connectivity index (χ2v) is 7.39. The zero-order valence-corrected chi connectivity index (χ0v) is 18.6. The average Bonchev–Trinajstić information content (AvgIpc) is 2.73. The van der Waals surface area contributed by atoms with Gasteiger partial charge in [-0.1, -0.05) is 26.0 Å². The van der Waals surface area contributed by atoms with Gasteiger partial charge in [0.25, 0.3) is 11.6 Å². The van der Waals surface area contributed by atoms with Crippen molar-refractivity contribution in [3.63, 3.8) is 0 Å². The second-order valence-electron chi connectivity index (χ2n) is 6.53. The van der Waals surface area contributed by atoms with Gasteiger partial charge in [-0.2, -0.15) is 5.10 Å². The van der Waals surface area contributed by atoms with Crippen molar-refractivity contribution >= 4 is 39.4 Å². The molecule has 0 aliphatic carbocycles.